The van der Waals surface area contributed by atoms with Gasteiger partial charge < -0.3 is 23.8 Å². The van der Waals surface area contributed by atoms with Gasteiger partial charge >= 0.3 is 18.0 Å². The van der Waals surface area contributed by atoms with E-state index in [1.165, 1.54) is 7.11 Å². The van der Waals surface area contributed by atoms with E-state index in [0.29, 0.717) is 13.0 Å². The number of rotatable bonds is 9. The summed E-state index contributed by atoms with van der Waals surface area (Å²) in [6, 6.07) is 8.10. The van der Waals surface area contributed by atoms with Crippen molar-refractivity contribution in [2.24, 2.45) is 0 Å². The Morgan fingerprint density at radius 2 is 1.67 bits per heavy atom. The molecule has 1 aromatic carbocycles. The molecule has 1 N–H and O–H groups in total. The molecule has 0 spiro atoms. The predicted octanol–water partition coefficient (Wildman–Crippen LogP) is 4.01. The summed E-state index contributed by atoms with van der Waals surface area (Å²) in [6.07, 6.45) is 1.79. The second-order valence-corrected chi connectivity index (χ2v) is 10.9. The number of carbonyl (C=O) groups excluding carboxylic acids is 3. The molecule has 1 amide bonds. The SMILES string of the molecule is COC(=O)[C@H](c1ccccc1)[C@H]1CCCCN1C(=O)OCN[C@@H](COC(C)(C)C)C(=O)OC(C)(C)C. The minimum Gasteiger partial charge on any atom is -0.468 e. The summed E-state index contributed by atoms with van der Waals surface area (Å²) in [6.45, 7) is 11.3. The van der Waals surface area contributed by atoms with E-state index < -0.39 is 47.2 Å². The number of nitrogens with one attached hydrogen (secondary N) is 1. The molecular formula is C27H42N2O7. The van der Waals surface area contributed by atoms with E-state index in [4.69, 9.17) is 18.9 Å². The van der Waals surface area contributed by atoms with Gasteiger partial charge in [-0.05, 0) is 66.4 Å². The van der Waals surface area contributed by atoms with Crippen molar-refractivity contribution in [1.29, 1.82) is 0 Å². The molecular weight excluding hydrogens is 464 g/mol. The molecule has 0 aromatic heterocycles. The van der Waals surface area contributed by atoms with Crippen LogP contribution in [0.1, 0.15) is 72.3 Å². The number of hydrogen-bond acceptors (Lipinski definition) is 8. The third-order valence-corrected chi connectivity index (χ3v) is 5.68. The third kappa shape index (κ3) is 9.43. The number of piperidine rings is 1. The van der Waals surface area contributed by atoms with Crippen LogP contribution in [-0.2, 0) is 28.5 Å². The third-order valence-electron chi connectivity index (χ3n) is 5.68. The Morgan fingerprint density at radius 1 is 1.00 bits per heavy atom. The molecule has 2 rings (SSSR count). The molecule has 0 unspecified atom stereocenters. The predicted molar refractivity (Wildman–Crippen MR) is 135 cm³/mol. The Labute approximate surface area is 214 Å². The van der Waals surface area contributed by atoms with Crippen molar-refractivity contribution in [2.75, 3.05) is 27.0 Å². The fourth-order valence-corrected chi connectivity index (χ4v) is 4.04. The van der Waals surface area contributed by atoms with Gasteiger partial charge in [0.05, 0.1) is 25.4 Å². The zero-order valence-corrected chi connectivity index (χ0v) is 22.7. The Balaban J connectivity index is 2.09. The average molecular weight is 507 g/mol. The number of methoxy groups -OCH3 is 1. The first kappa shape index (κ1) is 29.6. The highest BCUT2D eigenvalue weighted by Gasteiger charge is 2.39. The van der Waals surface area contributed by atoms with Crippen molar-refractivity contribution in [3.05, 3.63) is 35.9 Å². The molecule has 0 aliphatic carbocycles. The number of benzene rings is 1. The molecule has 202 valence electrons. The van der Waals surface area contributed by atoms with Crippen molar-refractivity contribution < 1.29 is 33.3 Å². The first-order valence-electron chi connectivity index (χ1n) is 12.5. The van der Waals surface area contributed by atoms with Crippen LogP contribution in [0.2, 0.25) is 0 Å². The molecule has 1 aliphatic rings. The lowest BCUT2D eigenvalue weighted by atomic mass is 9.85. The first-order chi connectivity index (χ1) is 16.8. The molecule has 1 heterocycles. The van der Waals surface area contributed by atoms with Crippen LogP contribution in [0.15, 0.2) is 30.3 Å². The Kier molecular flexibility index (Phi) is 10.7. The van der Waals surface area contributed by atoms with Crippen LogP contribution >= 0.6 is 0 Å². The zero-order chi connectivity index (χ0) is 26.9. The van der Waals surface area contributed by atoms with Crippen LogP contribution in [0.25, 0.3) is 0 Å². The summed E-state index contributed by atoms with van der Waals surface area (Å²) in [7, 11) is 1.35. The number of hydrogen-bond donors (Lipinski definition) is 1. The molecule has 36 heavy (non-hydrogen) atoms. The van der Waals surface area contributed by atoms with Crippen LogP contribution in [0, 0.1) is 0 Å². The number of amides is 1. The maximum Gasteiger partial charge on any atom is 0.411 e. The standard InChI is InChI=1S/C27H42N2O7/c1-26(2,3)35-17-20(23(30)36-27(4,5)6)28-18-34-25(32)29-16-12-11-15-21(29)22(24(31)33-7)19-13-9-8-10-14-19/h8-10,13-14,20-22,28H,11-12,15-18H2,1-7H3/t20-,21+,22+/m0/s1. The van der Waals surface area contributed by atoms with Crippen molar-refractivity contribution in [1.82, 2.24) is 10.2 Å². The molecule has 1 aliphatic heterocycles. The summed E-state index contributed by atoms with van der Waals surface area (Å²) in [5, 5.41) is 2.93. The number of esters is 2. The fourth-order valence-electron chi connectivity index (χ4n) is 4.04. The minimum absolute atomic E-state index is 0.0563. The van der Waals surface area contributed by atoms with Crippen LogP contribution < -0.4 is 5.32 Å². The summed E-state index contributed by atoms with van der Waals surface area (Å²) >= 11 is 0. The van der Waals surface area contributed by atoms with Crippen LogP contribution in [0.4, 0.5) is 4.79 Å². The number of likely N-dealkylation sites (tertiary alicyclic amines) is 1. The first-order valence-corrected chi connectivity index (χ1v) is 12.5. The number of ether oxygens (including phenoxy) is 4. The molecule has 1 saturated heterocycles. The lowest BCUT2D eigenvalue weighted by Crippen LogP contribution is -2.51. The lowest BCUT2D eigenvalue weighted by molar-refractivity contribution is -0.161. The van der Waals surface area contributed by atoms with Crippen molar-refractivity contribution in [3.63, 3.8) is 0 Å². The van der Waals surface area contributed by atoms with Gasteiger partial charge in [-0.1, -0.05) is 30.3 Å². The van der Waals surface area contributed by atoms with Gasteiger partial charge in [0.25, 0.3) is 0 Å². The van der Waals surface area contributed by atoms with Crippen LogP contribution in [0.3, 0.4) is 0 Å². The van der Waals surface area contributed by atoms with Gasteiger partial charge in [-0.2, -0.15) is 0 Å². The minimum atomic E-state index is -0.819. The molecule has 9 heteroatoms. The van der Waals surface area contributed by atoms with E-state index in [0.717, 1.165) is 18.4 Å². The molecule has 0 bridgehead atoms. The van der Waals surface area contributed by atoms with Gasteiger partial charge in [0.15, 0.2) is 0 Å². The number of carbonyl (C=O) groups is 3. The summed E-state index contributed by atoms with van der Waals surface area (Å²) in [4.78, 5) is 40.1. The van der Waals surface area contributed by atoms with Gasteiger partial charge in [-0.3, -0.25) is 14.9 Å². The normalized spacial score (nSPS) is 18.2. The molecule has 0 radical (unpaired) electrons. The van der Waals surface area contributed by atoms with Crippen molar-refractivity contribution in [3.8, 4) is 0 Å². The van der Waals surface area contributed by atoms with E-state index in [2.05, 4.69) is 5.32 Å². The Morgan fingerprint density at radius 3 is 2.25 bits per heavy atom. The maximum atomic E-state index is 13.1. The highest BCUT2D eigenvalue weighted by molar-refractivity contribution is 5.80. The highest BCUT2D eigenvalue weighted by Crippen LogP contribution is 2.32. The molecule has 3 atom stereocenters. The second kappa shape index (κ2) is 13.1. The van der Waals surface area contributed by atoms with E-state index in [-0.39, 0.29) is 13.3 Å². The van der Waals surface area contributed by atoms with Gasteiger partial charge in [0.1, 0.15) is 24.3 Å². The fraction of sp³-hybridized carbons (Fsp3) is 0.667. The summed E-state index contributed by atoms with van der Waals surface area (Å²) < 4.78 is 21.9. The van der Waals surface area contributed by atoms with Crippen molar-refractivity contribution in [2.45, 2.75) is 90.0 Å². The maximum absolute atomic E-state index is 13.1. The van der Waals surface area contributed by atoms with Gasteiger partial charge in [-0.25, -0.2) is 4.79 Å². The smallest absolute Gasteiger partial charge is 0.411 e. The van der Waals surface area contributed by atoms with Crippen LogP contribution in [-0.4, -0.2) is 73.2 Å². The van der Waals surface area contributed by atoms with E-state index in [9.17, 15) is 14.4 Å². The Bertz CT molecular complexity index is 861. The van der Waals surface area contributed by atoms with Gasteiger partial charge in [0, 0.05) is 6.54 Å². The largest absolute Gasteiger partial charge is 0.468 e. The van der Waals surface area contributed by atoms with Gasteiger partial charge in [0.2, 0.25) is 0 Å². The zero-order valence-electron chi connectivity index (χ0n) is 22.7. The van der Waals surface area contributed by atoms with E-state index in [1.54, 1.807) is 25.7 Å². The van der Waals surface area contributed by atoms with Crippen LogP contribution in [0.5, 0.6) is 0 Å². The topological polar surface area (TPSA) is 103 Å². The monoisotopic (exact) mass is 506 g/mol. The Hall–Kier alpha value is -2.65. The lowest BCUT2D eigenvalue weighted by Gasteiger charge is -2.38. The van der Waals surface area contributed by atoms with Gasteiger partial charge in [-0.15, -0.1) is 0 Å². The summed E-state index contributed by atoms with van der Waals surface area (Å²) in [5.41, 5.74) is -0.340. The van der Waals surface area contributed by atoms with E-state index >= 15 is 0 Å². The summed E-state index contributed by atoms with van der Waals surface area (Å²) in [5.74, 6) is -1.51. The van der Waals surface area contributed by atoms with E-state index in [1.807, 2.05) is 51.1 Å². The molecule has 1 fully saturated rings. The molecule has 9 nitrogen and oxygen atoms in total. The van der Waals surface area contributed by atoms with Crippen molar-refractivity contribution >= 4 is 18.0 Å². The quantitative estimate of drug-likeness (QED) is 0.304. The molecule has 0 saturated carbocycles. The average Bonchev–Trinajstić information content (AvgIpc) is 2.80. The second-order valence-electron chi connectivity index (χ2n) is 10.9. The molecule has 1 aromatic rings. The highest BCUT2D eigenvalue weighted by atomic mass is 16.6. The number of nitrogens with zero attached hydrogens (tertiary/aromatic N) is 1.